The molecule has 1 aromatic carbocycles. The van der Waals surface area contributed by atoms with Crippen LogP contribution in [0.25, 0.3) is 16.0 Å². The van der Waals surface area contributed by atoms with Crippen molar-refractivity contribution in [2.45, 2.75) is 0 Å². The molecule has 4 heteroatoms. The van der Waals surface area contributed by atoms with Crippen LogP contribution in [0.5, 0.6) is 0 Å². The second kappa shape index (κ2) is 5.91. The fraction of sp³-hybridized carbons (Fsp3) is 0. The van der Waals surface area contributed by atoms with Crippen LogP contribution in [-0.4, -0.2) is 16.5 Å². The van der Waals surface area contributed by atoms with Gasteiger partial charge in [0, 0.05) is 27.8 Å². The van der Waals surface area contributed by atoms with E-state index in [9.17, 15) is 9.59 Å². The van der Waals surface area contributed by atoms with E-state index in [2.05, 4.69) is 0 Å². The number of nitrogens with zero attached hydrogens (tertiary/aromatic N) is 1. The predicted octanol–water partition coefficient (Wildman–Crippen LogP) is 4.71. The molecule has 3 heterocycles. The first-order valence-corrected chi connectivity index (χ1v) is 8.41. The Kier molecular flexibility index (Phi) is 3.59. The number of fused-ring (bicyclic) bond motifs is 1. The van der Waals surface area contributed by atoms with Gasteiger partial charge < -0.3 is 4.40 Å². The summed E-state index contributed by atoms with van der Waals surface area (Å²) >= 11 is 1.52. The smallest absolute Gasteiger partial charge is 0.210 e. The van der Waals surface area contributed by atoms with E-state index in [-0.39, 0.29) is 5.78 Å². The first-order valence-electron chi connectivity index (χ1n) is 7.53. The van der Waals surface area contributed by atoms with Gasteiger partial charge in [-0.05, 0) is 23.6 Å². The van der Waals surface area contributed by atoms with Crippen LogP contribution in [-0.2, 0) is 0 Å². The average molecular weight is 331 g/mol. The monoisotopic (exact) mass is 331 g/mol. The van der Waals surface area contributed by atoms with Crippen LogP contribution in [0.3, 0.4) is 0 Å². The van der Waals surface area contributed by atoms with Crippen LogP contribution in [0.4, 0.5) is 0 Å². The van der Waals surface area contributed by atoms with E-state index in [0.29, 0.717) is 22.4 Å². The lowest BCUT2D eigenvalue weighted by Crippen LogP contribution is -2.06. The van der Waals surface area contributed by atoms with Crippen molar-refractivity contribution < 1.29 is 9.59 Å². The van der Waals surface area contributed by atoms with Crippen molar-refractivity contribution in [3.8, 4) is 10.4 Å². The van der Waals surface area contributed by atoms with Crippen molar-refractivity contribution in [1.29, 1.82) is 0 Å². The fourth-order valence-corrected chi connectivity index (χ4v) is 3.76. The summed E-state index contributed by atoms with van der Waals surface area (Å²) in [5.41, 5.74) is 3.14. The highest BCUT2D eigenvalue weighted by molar-refractivity contribution is 7.13. The lowest BCUT2D eigenvalue weighted by atomic mass is 10.0. The molecule has 0 amide bonds. The molecule has 0 aliphatic carbocycles. The molecule has 0 bridgehead atoms. The molecule has 0 N–H and O–H groups in total. The second-order valence-electron chi connectivity index (χ2n) is 5.38. The molecule has 3 aromatic heterocycles. The number of aromatic nitrogens is 1. The molecule has 0 radical (unpaired) electrons. The number of carbonyl (C=O) groups is 2. The van der Waals surface area contributed by atoms with Gasteiger partial charge >= 0.3 is 0 Å². The van der Waals surface area contributed by atoms with Crippen LogP contribution in [0, 0.1) is 0 Å². The molecule has 0 atom stereocenters. The van der Waals surface area contributed by atoms with Crippen molar-refractivity contribution in [2.75, 3.05) is 0 Å². The van der Waals surface area contributed by atoms with E-state index in [1.807, 2.05) is 64.5 Å². The average Bonchev–Trinajstić information content (AvgIpc) is 3.27. The van der Waals surface area contributed by atoms with E-state index in [0.717, 1.165) is 16.7 Å². The molecule has 0 saturated heterocycles. The maximum atomic E-state index is 13.2. The number of pyridine rings is 1. The Bertz CT molecular complexity index is 1030. The number of rotatable bonds is 4. The van der Waals surface area contributed by atoms with Crippen LogP contribution < -0.4 is 0 Å². The number of carbonyl (C=O) groups excluding carboxylic acids is 2. The van der Waals surface area contributed by atoms with Crippen LogP contribution in [0.2, 0.25) is 0 Å². The first kappa shape index (κ1) is 14.6. The number of hydrogen-bond acceptors (Lipinski definition) is 3. The molecule has 0 unspecified atom stereocenters. The topological polar surface area (TPSA) is 38.5 Å². The molecular weight excluding hydrogens is 318 g/mol. The first-order chi connectivity index (χ1) is 11.8. The number of benzene rings is 1. The molecule has 4 rings (SSSR count). The highest BCUT2D eigenvalue weighted by Gasteiger charge is 2.25. The zero-order valence-corrected chi connectivity index (χ0v) is 13.5. The zero-order chi connectivity index (χ0) is 16.5. The Morgan fingerprint density at radius 3 is 2.46 bits per heavy atom. The third-order valence-electron chi connectivity index (χ3n) is 4.02. The van der Waals surface area contributed by atoms with Crippen LogP contribution in [0.1, 0.15) is 26.4 Å². The van der Waals surface area contributed by atoms with Gasteiger partial charge in [-0.2, -0.15) is 0 Å². The highest BCUT2D eigenvalue weighted by Crippen LogP contribution is 2.36. The number of hydrogen-bond donors (Lipinski definition) is 0. The van der Waals surface area contributed by atoms with Crippen molar-refractivity contribution in [2.24, 2.45) is 0 Å². The van der Waals surface area contributed by atoms with Gasteiger partial charge in [0.25, 0.3) is 0 Å². The predicted molar refractivity (Wildman–Crippen MR) is 96.0 cm³/mol. The minimum absolute atomic E-state index is 0.0895. The van der Waals surface area contributed by atoms with Crippen molar-refractivity contribution in [3.63, 3.8) is 0 Å². The molecule has 0 fully saturated rings. The number of ketones is 1. The van der Waals surface area contributed by atoms with Gasteiger partial charge in [-0.1, -0.05) is 42.5 Å². The third kappa shape index (κ3) is 2.20. The Morgan fingerprint density at radius 2 is 1.75 bits per heavy atom. The summed E-state index contributed by atoms with van der Waals surface area (Å²) in [4.78, 5) is 25.9. The van der Waals surface area contributed by atoms with Gasteiger partial charge in [0.15, 0.2) is 6.29 Å². The summed E-state index contributed by atoms with van der Waals surface area (Å²) < 4.78 is 1.81. The minimum Gasteiger partial charge on any atom is -0.312 e. The maximum absolute atomic E-state index is 13.2. The molecule has 116 valence electrons. The molecule has 0 aliphatic heterocycles. The SMILES string of the molecule is O=Cc1c(-c2cccs2)c(C(=O)c2ccccc2)n2ccccc12. The lowest BCUT2D eigenvalue weighted by molar-refractivity contribution is 0.103. The second-order valence-corrected chi connectivity index (χ2v) is 6.33. The van der Waals surface area contributed by atoms with Crippen molar-refractivity contribution in [3.05, 3.63) is 89.1 Å². The van der Waals surface area contributed by atoms with E-state index < -0.39 is 0 Å². The van der Waals surface area contributed by atoms with E-state index >= 15 is 0 Å². The maximum Gasteiger partial charge on any atom is 0.210 e. The van der Waals surface area contributed by atoms with Gasteiger partial charge in [-0.15, -0.1) is 11.3 Å². The summed E-state index contributed by atoms with van der Waals surface area (Å²) in [6.07, 6.45) is 2.67. The van der Waals surface area contributed by atoms with Gasteiger partial charge in [-0.25, -0.2) is 0 Å². The standard InChI is InChI=1S/C20H13NO2S/c22-13-15-16-9-4-5-11-21(16)19(18(15)17-10-6-12-24-17)20(23)14-7-2-1-3-8-14/h1-13H. The molecule has 3 nitrogen and oxygen atoms in total. The lowest BCUT2D eigenvalue weighted by Gasteiger charge is -2.05. The zero-order valence-electron chi connectivity index (χ0n) is 12.7. The normalized spacial score (nSPS) is 10.8. The molecule has 0 aliphatic rings. The van der Waals surface area contributed by atoms with Gasteiger partial charge in [0.05, 0.1) is 5.52 Å². The van der Waals surface area contributed by atoms with Crippen LogP contribution in [0.15, 0.2) is 72.2 Å². The summed E-state index contributed by atoms with van der Waals surface area (Å²) in [6, 6.07) is 18.6. The Labute approximate surface area is 142 Å². The summed E-state index contributed by atoms with van der Waals surface area (Å²) in [5.74, 6) is -0.0895. The van der Waals surface area contributed by atoms with Crippen molar-refractivity contribution >= 4 is 28.9 Å². The quantitative estimate of drug-likeness (QED) is 0.401. The Balaban J connectivity index is 2.09. The largest absolute Gasteiger partial charge is 0.312 e. The Morgan fingerprint density at radius 1 is 0.958 bits per heavy atom. The van der Waals surface area contributed by atoms with E-state index in [4.69, 9.17) is 0 Å². The summed E-state index contributed by atoms with van der Waals surface area (Å²) in [6.45, 7) is 0. The van der Waals surface area contributed by atoms with Crippen molar-refractivity contribution in [1.82, 2.24) is 4.40 Å². The third-order valence-corrected chi connectivity index (χ3v) is 4.91. The molecule has 0 saturated carbocycles. The fourth-order valence-electron chi connectivity index (χ4n) is 2.97. The van der Waals surface area contributed by atoms with Gasteiger partial charge in [0.2, 0.25) is 5.78 Å². The molecule has 24 heavy (non-hydrogen) atoms. The molecular formula is C20H13NO2S. The molecule has 0 spiro atoms. The van der Waals surface area contributed by atoms with E-state index in [1.165, 1.54) is 11.3 Å². The summed E-state index contributed by atoms with van der Waals surface area (Å²) in [5, 5.41) is 1.95. The number of thiophene rings is 1. The summed E-state index contributed by atoms with van der Waals surface area (Å²) in [7, 11) is 0. The van der Waals surface area contributed by atoms with Gasteiger partial charge in [-0.3, -0.25) is 9.59 Å². The molecule has 4 aromatic rings. The van der Waals surface area contributed by atoms with Gasteiger partial charge in [0.1, 0.15) is 5.69 Å². The highest BCUT2D eigenvalue weighted by atomic mass is 32.1. The Hall–Kier alpha value is -2.98. The number of aldehydes is 1. The minimum atomic E-state index is -0.0895. The van der Waals surface area contributed by atoms with E-state index in [1.54, 1.807) is 12.1 Å². The van der Waals surface area contributed by atoms with Crippen LogP contribution >= 0.6 is 11.3 Å².